The minimum absolute atomic E-state index is 0.0443. The second kappa shape index (κ2) is 10.8. The Morgan fingerprint density at radius 3 is 2.41 bits per heavy atom. The summed E-state index contributed by atoms with van der Waals surface area (Å²) in [6, 6.07) is 9.04. The van der Waals surface area contributed by atoms with Gasteiger partial charge in [0.2, 0.25) is 5.91 Å². The van der Waals surface area contributed by atoms with E-state index in [4.69, 9.17) is 0 Å². The molecule has 0 atom stereocenters. The van der Waals surface area contributed by atoms with E-state index in [9.17, 15) is 19.5 Å². The van der Waals surface area contributed by atoms with Crippen LogP contribution in [0, 0.1) is 17.8 Å². The van der Waals surface area contributed by atoms with Crippen molar-refractivity contribution in [2.45, 2.75) is 45.4 Å². The van der Waals surface area contributed by atoms with Gasteiger partial charge < -0.3 is 15.3 Å². The normalized spacial score (nSPS) is 19.3. The van der Waals surface area contributed by atoms with Crippen molar-refractivity contribution >= 4 is 40.5 Å². The summed E-state index contributed by atoms with van der Waals surface area (Å²) in [6.07, 6.45) is 10.3. The molecule has 8 nitrogen and oxygen atoms in total. The van der Waals surface area contributed by atoms with Crippen LogP contribution in [0.25, 0.3) is 10.4 Å². The lowest BCUT2D eigenvalue weighted by Gasteiger charge is -2.31. The Morgan fingerprint density at radius 1 is 1.05 bits per heavy atom. The topological polar surface area (TPSA) is 112 Å². The lowest BCUT2D eigenvalue weighted by Crippen LogP contribution is -2.39. The summed E-state index contributed by atoms with van der Waals surface area (Å²) in [5.74, 6) is -0.293. The maximum atomic E-state index is 13.6. The molecule has 2 amide bonds. The second-order valence-corrected chi connectivity index (χ2v) is 11.2. The predicted octanol–water partition coefficient (Wildman–Crippen LogP) is 5.72. The molecule has 3 aromatic rings. The van der Waals surface area contributed by atoms with E-state index in [1.807, 2.05) is 18.2 Å². The number of aromatic carboxylic acids is 1. The average molecular weight is 519 g/mol. The zero-order valence-corrected chi connectivity index (χ0v) is 21.5. The number of nitrogens with one attached hydrogen (secondary N) is 1. The SMILES string of the molecule is CC1CCC(C(=O)N(CC2CC2)c2cc(-c3ccc(NC(=O)c4cnccn4)cc3)sc2C(=O)O)CC1. The summed E-state index contributed by atoms with van der Waals surface area (Å²) in [7, 11) is 0. The van der Waals surface area contributed by atoms with E-state index >= 15 is 0 Å². The highest BCUT2D eigenvalue weighted by Gasteiger charge is 2.35. The third kappa shape index (κ3) is 5.88. The molecule has 0 radical (unpaired) electrons. The van der Waals surface area contributed by atoms with Crippen LogP contribution in [0.5, 0.6) is 0 Å². The van der Waals surface area contributed by atoms with Gasteiger partial charge in [0.15, 0.2) is 0 Å². The summed E-state index contributed by atoms with van der Waals surface area (Å²) >= 11 is 1.18. The largest absolute Gasteiger partial charge is 0.477 e. The molecule has 2 aliphatic rings. The highest BCUT2D eigenvalue weighted by Crippen LogP contribution is 2.41. The molecule has 0 spiro atoms. The fourth-order valence-corrected chi connectivity index (χ4v) is 5.81. The van der Waals surface area contributed by atoms with Gasteiger partial charge >= 0.3 is 5.97 Å². The molecule has 2 aliphatic carbocycles. The molecular formula is C28H30N4O4S. The molecule has 0 bridgehead atoms. The fraction of sp³-hybridized carbons (Fsp3) is 0.393. The highest BCUT2D eigenvalue weighted by molar-refractivity contribution is 7.18. The zero-order valence-electron chi connectivity index (χ0n) is 20.7. The molecule has 0 unspecified atom stereocenters. The number of anilines is 2. The maximum absolute atomic E-state index is 13.6. The number of hydrogen-bond acceptors (Lipinski definition) is 6. The minimum Gasteiger partial charge on any atom is -0.477 e. The van der Waals surface area contributed by atoms with Gasteiger partial charge in [0.25, 0.3) is 5.91 Å². The highest BCUT2D eigenvalue weighted by atomic mass is 32.1. The lowest BCUT2D eigenvalue weighted by molar-refractivity contribution is -0.123. The summed E-state index contributed by atoms with van der Waals surface area (Å²) in [5.41, 5.74) is 2.13. The van der Waals surface area contributed by atoms with Crippen LogP contribution in [0.1, 0.15) is 65.6 Å². The van der Waals surface area contributed by atoms with Crippen molar-refractivity contribution in [3.63, 3.8) is 0 Å². The van der Waals surface area contributed by atoms with E-state index < -0.39 is 5.97 Å². The van der Waals surface area contributed by atoms with Gasteiger partial charge in [-0.1, -0.05) is 19.1 Å². The number of thiophene rings is 1. The van der Waals surface area contributed by atoms with E-state index in [-0.39, 0.29) is 28.3 Å². The van der Waals surface area contributed by atoms with Crippen LogP contribution in [-0.2, 0) is 4.79 Å². The van der Waals surface area contributed by atoms with Crippen molar-refractivity contribution in [1.82, 2.24) is 9.97 Å². The minimum atomic E-state index is -1.02. The molecule has 0 aliphatic heterocycles. The third-order valence-electron chi connectivity index (χ3n) is 7.19. The quantitative estimate of drug-likeness (QED) is 0.394. The molecule has 1 aromatic carbocycles. The first kappa shape index (κ1) is 25.1. The van der Waals surface area contributed by atoms with Gasteiger partial charge in [-0.05, 0) is 74.1 Å². The van der Waals surface area contributed by atoms with E-state index in [1.165, 1.54) is 29.9 Å². The van der Waals surface area contributed by atoms with Gasteiger partial charge in [-0.2, -0.15) is 0 Å². The molecule has 0 saturated heterocycles. The fourth-order valence-electron chi connectivity index (χ4n) is 4.80. The molecule has 2 N–H and O–H groups in total. The van der Waals surface area contributed by atoms with Gasteiger partial charge in [0, 0.05) is 35.4 Å². The van der Waals surface area contributed by atoms with Crippen molar-refractivity contribution in [3.05, 3.63) is 59.5 Å². The molecule has 2 saturated carbocycles. The van der Waals surface area contributed by atoms with Crippen LogP contribution in [0.2, 0.25) is 0 Å². The number of benzene rings is 1. The van der Waals surface area contributed by atoms with Gasteiger partial charge in [-0.25, -0.2) is 9.78 Å². The van der Waals surface area contributed by atoms with Crippen LogP contribution >= 0.6 is 11.3 Å². The molecule has 2 fully saturated rings. The average Bonchev–Trinajstić information content (AvgIpc) is 3.63. The molecular weight excluding hydrogens is 488 g/mol. The number of hydrogen-bond donors (Lipinski definition) is 2. The molecule has 5 rings (SSSR count). The van der Waals surface area contributed by atoms with E-state index in [0.717, 1.165) is 49.0 Å². The number of amides is 2. The van der Waals surface area contributed by atoms with Gasteiger partial charge in [-0.15, -0.1) is 11.3 Å². The Kier molecular flexibility index (Phi) is 7.32. The summed E-state index contributed by atoms with van der Waals surface area (Å²) in [5, 5.41) is 12.8. The molecule has 9 heteroatoms. The molecule has 37 heavy (non-hydrogen) atoms. The maximum Gasteiger partial charge on any atom is 0.348 e. The van der Waals surface area contributed by atoms with Crippen molar-refractivity contribution in [1.29, 1.82) is 0 Å². The Balaban J connectivity index is 1.39. The molecule has 192 valence electrons. The first-order chi connectivity index (χ1) is 17.9. The Morgan fingerprint density at radius 2 is 1.78 bits per heavy atom. The monoisotopic (exact) mass is 518 g/mol. The van der Waals surface area contributed by atoms with Crippen molar-refractivity contribution in [3.8, 4) is 10.4 Å². The standard InChI is InChI=1S/C28H30N4O4S/c1-17-2-6-20(7-3-17)27(34)32(16-18-4-5-18)23-14-24(37-25(23)28(35)36)19-8-10-21(11-9-19)31-26(33)22-15-29-12-13-30-22/h8-15,17-18,20H,2-7,16H2,1H3,(H,31,33)(H,35,36). The summed E-state index contributed by atoms with van der Waals surface area (Å²) in [4.78, 5) is 48.9. The van der Waals surface area contributed by atoms with Gasteiger partial charge in [0.05, 0.1) is 11.9 Å². The number of nitrogens with zero attached hydrogens (tertiary/aromatic N) is 3. The first-order valence-electron chi connectivity index (χ1n) is 12.8. The van der Waals surface area contributed by atoms with Crippen LogP contribution < -0.4 is 10.2 Å². The van der Waals surface area contributed by atoms with E-state index in [0.29, 0.717) is 29.8 Å². The van der Waals surface area contributed by atoms with Crippen LogP contribution in [0.3, 0.4) is 0 Å². The number of carbonyl (C=O) groups excluding carboxylic acids is 2. The smallest absolute Gasteiger partial charge is 0.348 e. The van der Waals surface area contributed by atoms with Crippen molar-refractivity contribution < 1.29 is 19.5 Å². The predicted molar refractivity (Wildman–Crippen MR) is 143 cm³/mol. The number of rotatable bonds is 8. The van der Waals surface area contributed by atoms with E-state index in [1.54, 1.807) is 17.0 Å². The van der Waals surface area contributed by atoms with E-state index in [2.05, 4.69) is 22.2 Å². The van der Waals surface area contributed by atoms with Crippen LogP contribution in [-0.4, -0.2) is 39.4 Å². The second-order valence-electron chi connectivity index (χ2n) is 10.1. The zero-order chi connectivity index (χ0) is 25.9. The van der Waals surface area contributed by atoms with Crippen LogP contribution in [0.4, 0.5) is 11.4 Å². The Hall–Kier alpha value is -3.59. The summed E-state index contributed by atoms with van der Waals surface area (Å²) in [6.45, 7) is 2.80. The lowest BCUT2D eigenvalue weighted by atomic mass is 9.82. The van der Waals surface area contributed by atoms with Gasteiger partial charge in [0.1, 0.15) is 10.6 Å². The number of carbonyl (C=O) groups is 3. The van der Waals surface area contributed by atoms with Crippen molar-refractivity contribution in [2.75, 3.05) is 16.8 Å². The number of aromatic nitrogens is 2. The molecule has 2 heterocycles. The number of carboxylic acids is 1. The Labute approximate surface area is 219 Å². The van der Waals surface area contributed by atoms with Gasteiger partial charge in [-0.3, -0.25) is 14.6 Å². The number of carboxylic acid groups (broad SMARTS) is 1. The summed E-state index contributed by atoms with van der Waals surface area (Å²) < 4.78 is 0. The molecule has 2 aromatic heterocycles. The van der Waals surface area contributed by atoms with Crippen molar-refractivity contribution in [2.24, 2.45) is 17.8 Å². The first-order valence-corrected chi connectivity index (χ1v) is 13.6. The Bertz CT molecular complexity index is 1280. The van der Waals surface area contributed by atoms with Crippen LogP contribution in [0.15, 0.2) is 48.9 Å². The third-order valence-corrected chi connectivity index (χ3v) is 8.35.